The first-order chi connectivity index (χ1) is 12.7. The molecule has 1 unspecified atom stereocenters. The number of nitrogens with zero attached hydrogens (tertiary/aromatic N) is 1. The number of benzene rings is 2. The van der Waals surface area contributed by atoms with Gasteiger partial charge in [-0.2, -0.15) is 0 Å². The van der Waals surface area contributed by atoms with Gasteiger partial charge in [0.05, 0.1) is 16.1 Å². The third kappa shape index (κ3) is 2.73. The summed E-state index contributed by atoms with van der Waals surface area (Å²) in [6.07, 6.45) is 2.37. The van der Waals surface area contributed by atoms with Gasteiger partial charge in [0.1, 0.15) is 6.04 Å². The van der Waals surface area contributed by atoms with Crippen LogP contribution in [0.1, 0.15) is 35.7 Å². The summed E-state index contributed by atoms with van der Waals surface area (Å²) in [6, 6.07) is 13.2. The molecule has 4 rings (SSSR count). The van der Waals surface area contributed by atoms with E-state index < -0.39 is 20.6 Å². The molecule has 0 radical (unpaired) electrons. The number of carbonyl (C=O) groups excluding carboxylic acids is 2. The van der Waals surface area contributed by atoms with Crippen LogP contribution in [0.15, 0.2) is 48.5 Å². The monoisotopic (exact) mass is 384 g/mol. The highest BCUT2D eigenvalue weighted by atomic mass is 32.2. The van der Waals surface area contributed by atoms with Crippen LogP contribution in [-0.2, 0) is 19.4 Å². The highest BCUT2D eigenvalue weighted by molar-refractivity contribution is 7.92. The summed E-state index contributed by atoms with van der Waals surface area (Å²) in [7, 11) is -3.27. The van der Waals surface area contributed by atoms with Crippen molar-refractivity contribution in [3.05, 3.63) is 59.7 Å². The Morgan fingerprint density at radius 2 is 1.85 bits per heavy atom. The summed E-state index contributed by atoms with van der Waals surface area (Å²) in [5, 5.41) is 2.80. The van der Waals surface area contributed by atoms with Crippen LogP contribution in [-0.4, -0.2) is 32.5 Å². The molecule has 7 heteroatoms. The van der Waals surface area contributed by atoms with Crippen LogP contribution in [0.3, 0.4) is 0 Å². The van der Waals surface area contributed by atoms with Crippen molar-refractivity contribution < 1.29 is 18.0 Å². The van der Waals surface area contributed by atoms with Gasteiger partial charge >= 0.3 is 0 Å². The van der Waals surface area contributed by atoms with Crippen LogP contribution in [0.25, 0.3) is 0 Å². The fraction of sp³-hybridized carbons (Fsp3) is 0.300. The molecule has 1 heterocycles. The van der Waals surface area contributed by atoms with Crippen molar-refractivity contribution >= 4 is 33.0 Å². The lowest BCUT2D eigenvalue weighted by Crippen LogP contribution is -2.49. The minimum Gasteiger partial charge on any atom is -0.322 e. The van der Waals surface area contributed by atoms with Gasteiger partial charge in [-0.15, -0.1) is 0 Å². The average molecular weight is 384 g/mol. The van der Waals surface area contributed by atoms with Crippen LogP contribution < -0.4 is 10.2 Å². The largest absolute Gasteiger partial charge is 0.322 e. The van der Waals surface area contributed by atoms with Crippen molar-refractivity contribution in [2.75, 3.05) is 16.5 Å². The van der Waals surface area contributed by atoms with E-state index in [1.165, 1.54) is 11.2 Å². The lowest BCUT2D eigenvalue weighted by atomic mass is 10.0. The van der Waals surface area contributed by atoms with Crippen molar-refractivity contribution in [2.45, 2.75) is 30.6 Å². The maximum absolute atomic E-state index is 13.3. The van der Waals surface area contributed by atoms with Crippen molar-refractivity contribution in [2.24, 2.45) is 0 Å². The summed E-state index contributed by atoms with van der Waals surface area (Å²) >= 11 is 0. The lowest BCUT2D eigenvalue weighted by Gasteiger charge is -2.34. The molecule has 1 aliphatic carbocycles. The zero-order chi connectivity index (χ0) is 19.4. The second kappa shape index (κ2) is 5.92. The first kappa shape index (κ1) is 17.7. The predicted octanol–water partition coefficient (Wildman–Crippen LogP) is 2.71. The molecule has 0 spiro atoms. The summed E-state index contributed by atoms with van der Waals surface area (Å²) in [6.45, 7) is 1.67. The molecular weight excluding hydrogens is 364 g/mol. The van der Waals surface area contributed by atoms with Crippen LogP contribution >= 0.6 is 0 Å². The molecule has 2 aliphatic rings. The molecule has 1 fully saturated rings. The highest BCUT2D eigenvalue weighted by Crippen LogP contribution is 2.52. The summed E-state index contributed by atoms with van der Waals surface area (Å²) < 4.78 is 23.5. The first-order valence-electron chi connectivity index (χ1n) is 8.78. The van der Waals surface area contributed by atoms with Crippen LogP contribution in [0, 0.1) is 0 Å². The lowest BCUT2D eigenvalue weighted by molar-refractivity contribution is -0.117. The second-order valence-electron chi connectivity index (χ2n) is 7.20. The summed E-state index contributed by atoms with van der Waals surface area (Å²) in [4.78, 5) is 27.0. The molecule has 27 heavy (non-hydrogen) atoms. The second-order valence-corrected chi connectivity index (χ2v) is 9.53. The zero-order valence-electron chi connectivity index (χ0n) is 15.1. The van der Waals surface area contributed by atoms with E-state index >= 15 is 0 Å². The molecular formula is C20H20N2O4S. The summed E-state index contributed by atoms with van der Waals surface area (Å²) in [5.41, 5.74) is 2.22. The van der Waals surface area contributed by atoms with Gasteiger partial charge in [0.15, 0.2) is 9.84 Å². The number of para-hydroxylation sites is 2. The van der Waals surface area contributed by atoms with Crippen LogP contribution in [0.5, 0.6) is 0 Å². The van der Waals surface area contributed by atoms with Gasteiger partial charge in [-0.3, -0.25) is 14.5 Å². The third-order valence-electron chi connectivity index (χ3n) is 5.46. The van der Waals surface area contributed by atoms with E-state index in [-0.39, 0.29) is 11.8 Å². The van der Waals surface area contributed by atoms with E-state index in [9.17, 15) is 18.0 Å². The molecule has 1 aliphatic heterocycles. The Labute approximate surface area is 158 Å². The summed E-state index contributed by atoms with van der Waals surface area (Å²) in [5.74, 6) is -0.580. The number of sulfone groups is 1. The van der Waals surface area contributed by atoms with Crippen molar-refractivity contribution in [1.82, 2.24) is 0 Å². The topological polar surface area (TPSA) is 83.6 Å². The van der Waals surface area contributed by atoms with Crippen LogP contribution in [0.4, 0.5) is 11.4 Å². The number of fused-ring (bicyclic) bond motifs is 1. The third-order valence-corrected chi connectivity index (χ3v) is 7.52. The van der Waals surface area contributed by atoms with Crippen molar-refractivity contribution in [1.29, 1.82) is 0 Å². The van der Waals surface area contributed by atoms with E-state index in [2.05, 4.69) is 5.32 Å². The normalized spacial score (nSPS) is 20.6. The van der Waals surface area contributed by atoms with Gasteiger partial charge in [0.2, 0.25) is 5.91 Å². The van der Waals surface area contributed by atoms with E-state index in [1.54, 1.807) is 49.4 Å². The standard InChI is InChI=1S/C20H20N2O4S/c1-13-18(23)21-16-8-3-4-9-17(16)22(13)19(24)14-6-5-7-15(12-14)20(10-11-20)27(2,25)26/h3-9,12-13H,10-11H2,1-2H3,(H,21,23). The molecule has 1 atom stereocenters. The van der Waals surface area contributed by atoms with Gasteiger partial charge < -0.3 is 5.32 Å². The Bertz CT molecular complexity index is 1060. The average Bonchev–Trinajstić information content (AvgIpc) is 3.44. The van der Waals surface area contributed by atoms with E-state index in [4.69, 9.17) is 0 Å². The predicted molar refractivity (Wildman–Crippen MR) is 104 cm³/mol. The Hall–Kier alpha value is -2.67. The van der Waals surface area contributed by atoms with Gasteiger partial charge in [0.25, 0.3) is 5.91 Å². The maximum atomic E-state index is 13.3. The molecule has 6 nitrogen and oxygen atoms in total. The Kier molecular flexibility index (Phi) is 3.89. The van der Waals surface area contributed by atoms with E-state index in [0.29, 0.717) is 35.3 Å². The molecule has 2 aromatic rings. The number of anilines is 2. The van der Waals surface area contributed by atoms with E-state index in [0.717, 1.165) is 0 Å². The Morgan fingerprint density at radius 3 is 2.52 bits per heavy atom. The maximum Gasteiger partial charge on any atom is 0.259 e. The number of amides is 2. The molecule has 2 amide bonds. The molecule has 0 saturated heterocycles. The molecule has 2 aromatic carbocycles. The number of hydrogen-bond donors (Lipinski definition) is 1. The highest BCUT2D eigenvalue weighted by Gasteiger charge is 2.53. The molecule has 1 N–H and O–H groups in total. The van der Waals surface area contributed by atoms with Gasteiger partial charge in [0, 0.05) is 11.8 Å². The molecule has 0 bridgehead atoms. The number of rotatable bonds is 3. The number of hydrogen-bond acceptors (Lipinski definition) is 4. The zero-order valence-corrected chi connectivity index (χ0v) is 15.9. The molecule has 1 saturated carbocycles. The van der Waals surface area contributed by atoms with Gasteiger partial charge in [-0.1, -0.05) is 24.3 Å². The quantitative estimate of drug-likeness (QED) is 0.882. The van der Waals surface area contributed by atoms with E-state index in [1.807, 2.05) is 6.07 Å². The first-order valence-corrected chi connectivity index (χ1v) is 10.7. The minimum absolute atomic E-state index is 0.256. The van der Waals surface area contributed by atoms with Crippen molar-refractivity contribution in [3.8, 4) is 0 Å². The number of nitrogens with one attached hydrogen (secondary N) is 1. The van der Waals surface area contributed by atoms with Gasteiger partial charge in [-0.25, -0.2) is 8.42 Å². The van der Waals surface area contributed by atoms with Crippen LogP contribution in [0.2, 0.25) is 0 Å². The fourth-order valence-electron chi connectivity index (χ4n) is 3.70. The fourth-order valence-corrected chi connectivity index (χ4v) is 5.10. The van der Waals surface area contributed by atoms with Crippen molar-refractivity contribution in [3.63, 3.8) is 0 Å². The minimum atomic E-state index is -3.27. The Morgan fingerprint density at radius 1 is 1.15 bits per heavy atom. The Balaban J connectivity index is 1.76. The molecule has 140 valence electrons. The van der Waals surface area contributed by atoms with Gasteiger partial charge in [-0.05, 0) is 49.6 Å². The smallest absolute Gasteiger partial charge is 0.259 e. The SMILES string of the molecule is CC1C(=O)Nc2ccccc2N1C(=O)c1cccc(C2(S(C)(=O)=O)CC2)c1. The number of carbonyl (C=O) groups is 2. The molecule has 0 aromatic heterocycles.